The molecule has 136 valence electrons. The summed E-state index contributed by atoms with van der Waals surface area (Å²) in [4.78, 5) is 41.6. The molecule has 2 N–H and O–H groups in total. The summed E-state index contributed by atoms with van der Waals surface area (Å²) in [5.74, 6) is -2.12. The van der Waals surface area contributed by atoms with Gasteiger partial charge in [0.05, 0.1) is 5.56 Å². The van der Waals surface area contributed by atoms with Crippen molar-refractivity contribution in [1.29, 1.82) is 5.39 Å². The predicted octanol–water partition coefficient (Wildman–Crippen LogP) is 3.61. The largest absolute Gasteiger partial charge is 0.501 e. The summed E-state index contributed by atoms with van der Waals surface area (Å²) < 4.78 is 0. The number of pyridine rings is 1. The zero-order valence-corrected chi connectivity index (χ0v) is 15.5. The van der Waals surface area contributed by atoms with Crippen molar-refractivity contribution in [2.75, 3.05) is 0 Å². The molecule has 26 heavy (non-hydrogen) atoms. The quantitative estimate of drug-likeness (QED) is 0.631. The maximum Gasteiger partial charge on any atom is 0.477 e. The topological polar surface area (TPSA) is 115 Å². The molecule has 1 heterocycles. The maximum absolute atomic E-state index is 12.3. The van der Waals surface area contributed by atoms with Crippen LogP contribution in [0.1, 0.15) is 61.3 Å². The first-order valence-electron chi connectivity index (χ1n) is 8.43. The molecule has 0 aliphatic heterocycles. The van der Waals surface area contributed by atoms with Crippen LogP contribution in [0.15, 0.2) is 16.6 Å². The Morgan fingerprint density at radius 3 is 2.38 bits per heavy atom. The van der Waals surface area contributed by atoms with E-state index in [1.807, 2.05) is 13.0 Å². The van der Waals surface area contributed by atoms with Crippen molar-refractivity contribution >= 4 is 22.9 Å². The Labute approximate surface area is 151 Å². The summed E-state index contributed by atoms with van der Waals surface area (Å²) in [5, 5.41) is 19.5. The molecule has 0 saturated heterocycles. The van der Waals surface area contributed by atoms with Gasteiger partial charge in [-0.3, -0.25) is 14.4 Å². The monoisotopic (exact) mass is 356 g/mol. The highest BCUT2D eigenvalue weighted by Gasteiger charge is 2.44. The van der Waals surface area contributed by atoms with Crippen LogP contribution in [-0.4, -0.2) is 21.7 Å². The summed E-state index contributed by atoms with van der Waals surface area (Å²) in [6.45, 7) is 9.60. The molecule has 1 aliphatic carbocycles. The molecular formula is C19H22N3O4+. The molecule has 1 atom stereocenters. The lowest BCUT2D eigenvalue weighted by Gasteiger charge is -2.18. The SMILES string of the molecule is C/C(=C\C(C)CC(C)C)c1c2c([nH]c(=O)c1C)C(=O)C(=O)C([N+]#N)=C2O. The van der Waals surface area contributed by atoms with E-state index in [0.29, 0.717) is 22.6 Å². The molecule has 0 saturated carbocycles. The Morgan fingerprint density at radius 2 is 1.85 bits per heavy atom. The van der Waals surface area contributed by atoms with Crippen LogP contribution < -0.4 is 5.56 Å². The van der Waals surface area contributed by atoms with E-state index in [9.17, 15) is 19.5 Å². The molecule has 0 radical (unpaired) electrons. The summed E-state index contributed by atoms with van der Waals surface area (Å²) in [6, 6.07) is 0. The highest BCUT2D eigenvalue weighted by Crippen LogP contribution is 2.34. The molecule has 1 unspecified atom stereocenters. The number of rotatable bonds is 4. The average Bonchev–Trinajstić information content (AvgIpc) is 2.54. The number of aliphatic hydroxyl groups excluding tert-OH is 1. The molecule has 0 aromatic carbocycles. The van der Waals surface area contributed by atoms with E-state index in [4.69, 9.17) is 5.39 Å². The van der Waals surface area contributed by atoms with Gasteiger partial charge in [0, 0.05) is 5.56 Å². The fraction of sp³-hybridized carbons (Fsp3) is 0.421. The number of carbonyl (C=O) groups excluding carboxylic acids is 2. The molecule has 0 bridgehead atoms. The van der Waals surface area contributed by atoms with Crippen molar-refractivity contribution < 1.29 is 14.7 Å². The van der Waals surface area contributed by atoms with E-state index in [2.05, 4.69) is 23.8 Å². The number of aromatic nitrogens is 1. The number of aliphatic hydroxyl groups is 1. The number of hydrogen-bond donors (Lipinski definition) is 2. The molecule has 7 nitrogen and oxygen atoms in total. The second-order valence-electron chi connectivity index (χ2n) is 7.12. The number of hydrogen-bond acceptors (Lipinski definition) is 5. The van der Waals surface area contributed by atoms with Gasteiger partial charge in [-0.15, -0.1) is 0 Å². The number of ketones is 2. The van der Waals surface area contributed by atoms with E-state index in [1.54, 1.807) is 13.8 Å². The standard InChI is InChI=1S/C19H21N3O4/c1-8(2)6-9(3)7-10(4)12-11(5)19(26)21-14-13(12)16(23)15(22-20)18(25)17(14)24/h7-9H,6H2,1-5H3,(H-,21,23,25,26)/p+1/b10-7+. The third kappa shape index (κ3) is 3.23. The van der Waals surface area contributed by atoms with E-state index in [0.717, 1.165) is 6.42 Å². The first kappa shape index (κ1) is 19.3. The van der Waals surface area contributed by atoms with Crippen LogP contribution in [0.4, 0.5) is 0 Å². The van der Waals surface area contributed by atoms with Gasteiger partial charge >= 0.3 is 11.5 Å². The van der Waals surface area contributed by atoms with Gasteiger partial charge in [0.2, 0.25) is 11.2 Å². The van der Waals surface area contributed by atoms with Gasteiger partial charge in [0.25, 0.3) is 11.3 Å². The van der Waals surface area contributed by atoms with Crippen molar-refractivity contribution in [2.45, 2.75) is 41.0 Å². The van der Waals surface area contributed by atoms with Crippen LogP contribution in [0.2, 0.25) is 0 Å². The summed E-state index contributed by atoms with van der Waals surface area (Å²) in [6.07, 6.45) is 2.89. The summed E-state index contributed by atoms with van der Waals surface area (Å²) >= 11 is 0. The first-order valence-corrected chi connectivity index (χ1v) is 8.43. The molecule has 1 aromatic rings. The number of fused-ring (bicyclic) bond motifs is 1. The molecule has 0 fully saturated rings. The van der Waals surface area contributed by atoms with Crippen molar-refractivity contribution in [1.82, 2.24) is 4.98 Å². The molecule has 1 aliphatic rings. The second-order valence-corrected chi connectivity index (χ2v) is 7.12. The zero-order valence-electron chi connectivity index (χ0n) is 15.5. The lowest BCUT2D eigenvalue weighted by molar-refractivity contribution is -0.111. The van der Waals surface area contributed by atoms with Gasteiger partial charge < -0.3 is 10.1 Å². The Morgan fingerprint density at radius 1 is 1.23 bits per heavy atom. The highest BCUT2D eigenvalue weighted by atomic mass is 16.3. The molecule has 2 rings (SSSR count). The number of nitrogens with one attached hydrogen (secondary N) is 1. The average molecular weight is 356 g/mol. The van der Waals surface area contributed by atoms with Gasteiger partial charge in [0.15, 0.2) is 4.98 Å². The molecule has 0 amide bonds. The van der Waals surface area contributed by atoms with Crippen molar-refractivity contribution in [2.24, 2.45) is 11.8 Å². The molecule has 0 spiro atoms. The Bertz CT molecular complexity index is 958. The first-order chi connectivity index (χ1) is 12.1. The maximum atomic E-state index is 12.3. The van der Waals surface area contributed by atoms with E-state index < -0.39 is 28.6 Å². The van der Waals surface area contributed by atoms with Crippen molar-refractivity contribution in [3.8, 4) is 0 Å². The van der Waals surface area contributed by atoms with Gasteiger partial charge in [0.1, 0.15) is 5.69 Å². The minimum absolute atomic E-state index is 0.0185. The minimum Gasteiger partial charge on any atom is -0.501 e. The van der Waals surface area contributed by atoms with Gasteiger partial charge in [-0.2, -0.15) is 0 Å². The molecule has 7 heteroatoms. The molecule has 1 aromatic heterocycles. The van der Waals surface area contributed by atoms with E-state index >= 15 is 0 Å². The van der Waals surface area contributed by atoms with E-state index in [1.165, 1.54) is 0 Å². The smallest absolute Gasteiger partial charge is 0.477 e. The fourth-order valence-electron chi connectivity index (χ4n) is 3.46. The van der Waals surface area contributed by atoms with Gasteiger partial charge in [-0.05, 0) is 43.2 Å². The van der Waals surface area contributed by atoms with Crippen LogP contribution in [0.5, 0.6) is 0 Å². The van der Waals surface area contributed by atoms with E-state index in [-0.39, 0.29) is 17.2 Å². The predicted molar refractivity (Wildman–Crippen MR) is 98.0 cm³/mol. The Hall–Kier alpha value is -3.01. The fourth-order valence-corrected chi connectivity index (χ4v) is 3.46. The van der Waals surface area contributed by atoms with Crippen molar-refractivity contribution in [3.05, 3.63) is 49.5 Å². The number of H-pyrrole nitrogens is 1. The lowest BCUT2D eigenvalue weighted by Crippen LogP contribution is -2.29. The van der Waals surface area contributed by atoms with Crippen LogP contribution in [-0.2, 0) is 4.79 Å². The molecular weight excluding hydrogens is 334 g/mol. The number of Topliss-reactive ketones (excluding diaryl/α,β-unsaturated/α-hetero) is 2. The number of carbonyl (C=O) groups is 2. The normalized spacial score (nSPS) is 16.0. The highest BCUT2D eigenvalue weighted by molar-refractivity contribution is 6.52. The van der Waals surface area contributed by atoms with Crippen LogP contribution in [0, 0.1) is 24.2 Å². The summed E-state index contributed by atoms with van der Waals surface area (Å²) in [5.41, 5.74) is -0.123. The number of allylic oxidation sites excluding steroid dienone is 3. The van der Waals surface area contributed by atoms with Crippen LogP contribution in [0.25, 0.3) is 16.3 Å². The second kappa shape index (κ2) is 7.08. The number of diazo groups is 1. The summed E-state index contributed by atoms with van der Waals surface area (Å²) in [7, 11) is 0. The third-order valence-corrected chi connectivity index (χ3v) is 4.44. The number of nitrogens with zero attached hydrogens (tertiary/aromatic N) is 2. The van der Waals surface area contributed by atoms with Gasteiger partial charge in [-0.25, -0.2) is 0 Å². The zero-order chi connectivity index (χ0) is 19.8. The Kier molecular flexibility index (Phi) is 5.26. The minimum atomic E-state index is -1.17. The third-order valence-electron chi connectivity index (χ3n) is 4.44. The lowest BCUT2D eigenvalue weighted by atomic mass is 9.86. The van der Waals surface area contributed by atoms with Crippen LogP contribution in [0.3, 0.4) is 0 Å². The van der Waals surface area contributed by atoms with Crippen LogP contribution >= 0.6 is 0 Å². The van der Waals surface area contributed by atoms with Gasteiger partial charge in [-0.1, -0.05) is 26.8 Å². The Balaban J connectivity index is 2.81. The number of aromatic amines is 1. The van der Waals surface area contributed by atoms with Crippen molar-refractivity contribution in [3.63, 3.8) is 0 Å².